The fourth-order valence-corrected chi connectivity index (χ4v) is 3.93. The Morgan fingerprint density at radius 3 is 2.31 bits per heavy atom. The Morgan fingerprint density at radius 2 is 1.73 bits per heavy atom. The largest absolute Gasteiger partial charge is 0.462 e. The summed E-state index contributed by atoms with van der Waals surface area (Å²) in [6.45, 7) is 2.98. The highest BCUT2D eigenvalue weighted by atomic mass is 32.2. The van der Waals surface area contributed by atoms with Gasteiger partial charge < -0.3 is 10.5 Å². The minimum absolute atomic E-state index is 0.138. The first-order chi connectivity index (χ1) is 12.5. The van der Waals surface area contributed by atoms with Gasteiger partial charge in [0.2, 0.25) is 10.0 Å². The molecule has 0 aromatic heterocycles. The fraction of sp³-hybridized carbons (Fsp3) is 0.316. The average molecular weight is 376 g/mol. The van der Waals surface area contributed by atoms with Gasteiger partial charge in [-0.15, -0.1) is 0 Å². The lowest BCUT2D eigenvalue weighted by Crippen LogP contribution is -2.32. The zero-order valence-electron chi connectivity index (χ0n) is 14.8. The smallest absolute Gasteiger partial charge is 0.338 e. The minimum atomic E-state index is -3.70. The highest BCUT2D eigenvalue weighted by molar-refractivity contribution is 7.89. The van der Waals surface area contributed by atoms with Gasteiger partial charge >= 0.3 is 5.97 Å². The van der Waals surface area contributed by atoms with Gasteiger partial charge in [0.05, 0.1) is 17.1 Å². The van der Waals surface area contributed by atoms with Crippen LogP contribution in [0.25, 0.3) is 0 Å². The number of hydrogen-bond acceptors (Lipinski definition) is 5. The normalized spacial score (nSPS) is 11.5. The van der Waals surface area contributed by atoms with Gasteiger partial charge in [-0.25, -0.2) is 13.2 Å². The van der Waals surface area contributed by atoms with Gasteiger partial charge in [-0.3, -0.25) is 0 Å². The van der Waals surface area contributed by atoms with Crippen LogP contribution in [0, 0.1) is 0 Å². The summed E-state index contributed by atoms with van der Waals surface area (Å²) in [7, 11) is -3.70. The van der Waals surface area contributed by atoms with Gasteiger partial charge in [0.15, 0.2) is 0 Å². The standard InChI is InChI=1S/C19H24N2O4S/c1-2-25-19(22)17-9-11-18(12-10-17)26(23,24)21(14-6-13-20)15-16-7-4-3-5-8-16/h3-5,7-12H,2,6,13-15,20H2,1H3. The molecule has 0 saturated carbocycles. The molecule has 6 nitrogen and oxygen atoms in total. The lowest BCUT2D eigenvalue weighted by molar-refractivity contribution is 0.0526. The zero-order valence-corrected chi connectivity index (χ0v) is 15.6. The predicted molar refractivity (Wildman–Crippen MR) is 100 cm³/mol. The minimum Gasteiger partial charge on any atom is -0.462 e. The molecule has 7 heteroatoms. The molecule has 2 aromatic carbocycles. The number of rotatable bonds is 9. The molecule has 140 valence electrons. The van der Waals surface area contributed by atoms with Crippen molar-refractivity contribution < 1.29 is 17.9 Å². The molecule has 0 bridgehead atoms. The molecule has 0 atom stereocenters. The van der Waals surface area contributed by atoms with E-state index in [4.69, 9.17) is 10.5 Å². The molecule has 0 fully saturated rings. The summed E-state index contributed by atoms with van der Waals surface area (Å²) >= 11 is 0. The fourth-order valence-electron chi connectivity index (χ4n) is 2.47. The van der Waals surface area contributed by atoms with Crippen molar-refractivity contribution in [2.75, 3.05) is 19.7 Å². The summed E-state index contributed by atoms with van der Waals surface area (Å²) in [5.74, 6) is -0.472. The van der Waals surface area contributed by atoms with Crippen LogP contribution in [-0.4, -0.2) is 38.4 Å². The Morgan fingerprint density at radius 1 is 1.08 bits per heavy atom. The first kappa shape index (κ1) is 20.1. The van der Waals surface area contributed by atoms with Gasteiger partial charge in [0.25, 0.3) is 0 Å². The molecule has 0 unspecified atom stereocenters. The number of carbonyl (C=O) groups excluding carboxylic acids is 1. The SMILES string of the molecule is CCOC(=O)c1ccc(S(=O)(=O)N(CCCN)Cc2ccccc2)cc1. The molecule has 2 N–H and O–H groups in total. The third-order valence-electron chi connectivity index (χ3n) is 3.82. The molecule has 26 heavy (non-hydrogen) atoms. The van der Waals surface area contributed by atoms with E-state index in [0.29, 0.717) is 25.1 Å². The van der Waals surface area contributed by atoms with E-state index in [-0.39, 0.29) is 18.0 Å². The van der Waals surface area contributed by atoms with E-state index in [2.05, 4.69) is 0 Å². The van der Waals surface area contributed by atoms with E-state index >= 15 is 0 Å². The number of carbonyl (C=O) groups is 1. The van der Waals surface area contributed by atoms with Crippen molar-refractivity contribution in [1.82, 2.24) is 4.31 Å². The van der Waals surface area contributed by atoms with Crippen LogP contribution in [0.15, 0.2) is 59.5 Å². The van der Waals surface area contributed by atoms with Gasteiger partial charge in [-0.05, 0) is 49.7 Å². The molecule has 0 aliphatic rings. The summed E-state index contributed by atoms with van der Waals surface area (Å²) in [5, 5.41) is 0. The van der Waals surface area contributed by atoms with E-state index < -0.39 is 16.0 Å². The van der Waals surface area contributed by atoms with E-state index in [9.17, 15) is 13.2 Å². The number of sulfonamides is 1. The van der Waals surface area contributed by atoms with Gasteiger partial charge in [-0.1, -0.05) is 30.3 Å². The van der Waals surface area contributed by atoms with Crippen molar-refractivity contribution in [3.8, 4) is 0 Å². The topological polar surface area (TPSA) is 89.7 Å². The molecular weight excluding hydrogens is 352 g/mol. The number of ether oxygens (including phenoxy) is 1. The van der Waals surface area contributed by atoms with Gasteiger partial charge in [0, 0.05) is 13.1 Å². The van der Waals surface area contributed by atoms with Crippen LogP contribution >= 0.6 is 0 Å². The molecule has 2 rings (SSSR count). The number of benzene rings is 2. The second-order valence-electron chi connectivity index (χ2n) is 5.71. The van der Waals surface area contributed by atoms with Crippen molar-refractivity contribution in [3.63, 3.8) is 0 Å². The second kappa shape index (κ2) is 9.47. The summed E-state index contributed by atoms with van der Waals surface area (Å²) in [6, 6.07) is 15.2. The van der Waals surface area contributed by atoms with Crippen LogP contribution in [0.1, 0.15) is 29.3 Å². The van der Waals surface area contributed by atoms with E-state index in [1.807, 2.05) is 30.3 Å². The van der Waals surface area contributed by atoms with Crippen LogP contribution in [0.2, 0.25) is 0 Å². The predicted octanol–water partition coefficient (Wildman–Crippen LogP) is 2.40. The van der Waals surface area contributed by atoms with Crippen LogP contribution in [-0.2, 0) is 21.3 Å². The van der Waals surface area contributed by atoms with Crippen molar-refractivity contribution >= 4 is 16.0 Å². The maximum absolute atomic E-state index is 13.0. The monoisotopic (exact) mass is 376 g/mol. The molecule has 0 aliphatic carbocycles. The van der Waals surface area contributed by atoms with Crippen LogP contribution in [0.3, 0.4) is 0 Å². The van der Waals surface area contributed by atoms with Crippen molar-refractivity contribution in [2.24, 2.45) is 5.73 Å². The molecule has 0 heterocycles. The van der Waals surface area contributed by atoms with E-state index in [1.54, 1.807) is 6.92 Å². The van der Waals surface area contributed by atoms with Crippen molar-refractivity contribution in [2.45, 2.75) is 24.8 Å². The first-order valence-electron chi connectivity index (χ1n) is 8.50. The Labute approximate surface area is 154 Å². The Hall–Kier alpha value is -2.22. The summed E-state index contributed by atoms with van der Waals surface area (Å²) in [5.41, 5.74) is 6.78. The van der Waals surface area contributed by atoms with E-state index in [0.717, 1.165) is 5.56 Å². The van der Waals surface area contributed by atoms with Crippen molar-refractivity contribution in [3.05, 3.63) is 65.7 Å². The first-order valence-corrected chi connectivity index (χ1v) is 9.94. The lowest BCUT2D eigenvalue weighted by atomic mass is 10.2. The number of nitrogens with zero attached hydrogens (tertiary/aromatic N) is 1. The summed E-state index contributed by atoms with van der Waals surface area (Å²) < 4.78 is 32.4. The average Bonchev–Trinajstić information content (AvgIpc) is 2.66. The molecule has 0 aliphatic heterocycles. The van der Waals surface area contributed by atoms with Crippen LogP contribution in [0.4, 0.5) is 0 Å². The number of nitrogens with two attached hydrogens (primary N) is 1. The zero-order chi connectivity index (χ0) is 19.0. The highest BCUT2D eigenvalue weighted by Gasteiger charge is 2.24. The Bertz CT molecular complexity index is 805. The highest BCUT2D eigenvalue weighted by Crippen LogP contribution is 2.20. The maximum Gasteiger partial charge on any atom is 0.338 e. The second-order valence-corrected chi connectivity index (χ2v) is 7.65. The number of hydrogen-bond donors (Lipinski definition) is 1. The van der Waals surface area contributed by atoms with Gasteiger partial charge in [0.1, 0.15) is 0 Å². The molecule has 0 radical (unpaired) electrons. The van der Waals surface area contributed by atoms with Crippen molar-refractivity contribution in [1.29, 1.82) is 0 Å². The molecule has 0 spiro atoms. The van der Waals surface area contributed by atoms with E-state index in [1.165, 1.54) is 28.6 Å². The molecule has 0 saturated heterocycles. The third kappa shape index (κ3) is 5.14. The summed E-state index contributed by atoms with van der Waals surface area (Å²) in [6.07, 6.45) is 0.562. The molecule has 0 amide bonds. The van der Waals surface area contributed by atoms with Crippen LogP contribution in [0.5, 0.6) is 0 Å². The molecule has 2 aromatic rings. The lowest BCUT2D eigenvalue weighted by Gasteiger charge is -2.22. The quantitative estimate of drug-likeness (QED) is 0.679. The summed E-state index contributed by atoms with van der Waals surface area (Å²) in [4.78, 5) is 11.9. The van der Waals surface area contributed by atoms with Crippen LogP contribution < -0.4 is 5.73 Å². The Balaban J connectivity index is 2.26. The van der Waals surface area contributed by atoms with Gasteiger partial charge in [-0.2, -0.15) is 4.31 Å². The number of esters is 1. The maximum atomic E-state index is 13.0. The molecular formula is C19H24N2O4S. The third-order valence-corrected chi connectivity index (χ3v) is 5.68. The Kier molecular flexibility index (Phi) is 7.32.